The average Bonchev–Trinajstić information content (AvgIpc) is 2.50. The Balaban J connectivity index is 0. The molecular weight excluding hydrogens is 318 g/mol. The first-order chi connectivity index (χ1) is 10.3. The first-order valence-corrected chi connectivity index (χ1v) is 6.62. The minimum absolute atomic E-state index is 0. The Kier molecular flexibility index (Phi) is 20.9. The summed E-state index contributed by atoms with van der Waals surface area (Å²) in [7, 11) is 0. The number of nitrogens with two attached hydrogens (primary N) is 1. The highest BCUT2D eigenvalue weighted by atomic mass is 35.5. The summed E-state index contributed by atoms with van der Waals surface area (Å²) in [6, 6.07) is 0. The molecule has 0 aliphatic rings. The quantitative estimate of drug-likeness (QED) is 0.0826. The fourth-order valence-electron chi connectivity index (χ4n) is 1.15. The molecule has 130 valence electrons. The summed E-state index contributed by atoms with van der Waals surface area (Å²) in [5.41, 5.74) is 10.0. The summed E-state index contributed by atoms with van der Waals surface area (Å²) in [6.07, 6.45) is 0.235. The monoisotopic (exact) mass is 341 g/mol. The van der Waals surface area contributed by atoms with E-state index >= 15 is 0 Å². The largest absolute Gasteiger partial charge is 0.379 e. The minimum Gasteiger partial charge on any atom is -0.379 e. The van der Waals surface area contributed by atoms with E-state index in [1.807, 2.05) is 5.43 Å². The molecule has 0 aromatic heterocycles. The van der Waals surface area contributed by atoms with Crippen molar-refractivity contribution in [2.24, 2.45) is 11.0 Å². The maximum atomic E-state index is 10.8. The van der Waals surface area contributed by atoms with Gasteiger partial charge in [0.25, 0.3) is 0 Å². The summed E-state index contributed by atoms with van der Waals surface area (Å²) in [5.74, 6) is 4.65. The van der Waals surface area contributed by atoms with Crippen LogP contribution in [-0.2, 0) is 23.7 Å². The van der Waals surface area contributed by atoms with Gasteiger partial charge in [0.1, 0.15) is 0 Å². The molecule has 0 radical (unpaired) electrons. The Morgan fingerprint density at radius 1 is 0.955 bits per heavy atom. The molecule has 0 aromatic rings. The molecule has 0 aromatic carbocycles. The van der Waals surface area contributed by atoms with Crippen LogP contribution in [0.15, 0.2) is 5.11 Å². The van der Waals surface area contributed by atoms with Gasteiger partial charge < -0.3 is 18.9 Å². The Labute approximate surface area is 135 Å². The smallest absolute Gasteiger partial charge is 0.236 e. The minimum atomic E-state index is -0.258. The van der Waals surface area contributed by atoms with Crippen molar-refractivity contribution in [1.82, 2.24) is 5.43 Å². The number of nitrogens with zero attached hydrogens (tertiary/aromatic N) is 3. The molecule has 11 heteroatoms. The molecule has 0 saturated carbocycles. The molecule has 0 unspecified atom stereocenters. The zero-order chi connectivity index (χ0) is 15.6. The fraction of sp³-hybridized carbons (Fsp3) is 0.909. The summed E-state index contributed by atoms with van der Waals surface area (Å²) >= 11 is 0. The van der Waals surface area contributed by atoms with Crippen molar-refractivity contribution in [1.29, 1.82) is 0 Å². The molecule has 0 saturated heterocycles. The lowest BCUT2D eigenvalue weighted by molar-refractivity contribution is -0.122. The first-order valence-electron chi connectivity index (χ1n) is 6.62. The van der Waals surface area contributed by atoms with Crippen molar-refractivity contribution in [3.8, 4) is 0 Å². The topological polar surface area (TPSA) is 141 Å². The highest BCUT2D eigenvalue weighted by Crippen LogP contribution is 1.85. The third kappa shape index (κ3) is 18.9. The zero-order valence-corrected chi connectivity index (χ0v) is 13.3. The van der Waals surface area contributed by atoms with Crippen LogP contribution < -0.4 is 11.3 Å². The molecule has 0 atom stereocenters. The highest BCUT2D eigenvalue weighted by molar-refractivity contribution is 5.85. The van der Waals surface area contributed by atoms with Crippen molar-refractivity contribution in [3.05, 3.63) is 10.4 Å². The Hall–Kier alpha value is -1.13. The predicted octanol–water partition coefficient (Wildman–Crippen LogP) is 0.165. The molecule has 1 amide bonds. The van der Waals surface area contributed by atoms with Gasteiger partial charge in [-0.2, -0.15) is 0 Å². The van der Waals surface area contributed by atoms with Gasteiger partial charge in [0, 0.05) is 11.5 Å². The van der Waals surface area contributed by atoms with E-state index in [0.29, 0.717) is 59.4 Å². The lowest BCUT2D eigenvalue weighted by Gasteiger charge is -2.07. The van der Waals surface area contributed by atoms with E-state index in [2.05, 4.69) is 10.0 Å². The van der Waals surface area contributed by atoms with Crippen molar-refractivity contribution in [2.75, 3.05) is 59.4 Å². The number of azide groups is 1. The van der Waals surface area contributed by atoms with E-state index in [-0.39, 0.29) is 24.7 Å². The summed E-state index contributed by atoms with van der Waals surface area (Å²) < 4.78 is 20.8. The van der Waals surface area contributed by atoms with Crippen LogP contribution in [0.25, 0.3) is 10.4 Å². The maximum absolute atomic E-state index is 10.8. The number of hydrazine groups is 1. The van der Waals surface area contributed by atoms with Crippen LogP contribution in [0.3, 0.4) is 0 Å². The van der Waals surface area contributed by atoms with Crippen LogP contribution in [0, 0.1) is 0 Å². The number of carbonyl (C=O) groups is 1. The van der Waals surface area contributed by atoms with Gasteiger partial charge in [0.05, 0.1) is 59.3 Å². The molecule has 0 bridgehead atoms. The van der Waals surface area contributed by atoms with E-state index < -0.39 is 0 Å². The number of ether oxygens (including phenoxy) is 4. The molecule has 0 fully saturated rings. The lowest BCUT2D eigenvalue weighted by atomic mass is 10.4. The SMILES string of the molecule is Cl.[N-]=[N+]=NCCOCCOCCOCCOCCC(=O)NN. The van der Waals surface area contributed by atoms with Gasteiger partial charge in [-0.15, -0.1) is 12.4 Å². The lowest BCUT2D eigenvalue weighted by Crippen LogP contribution is -2.30. The molecule has 0 heterocycles. The van der Waals surface area contributed by atoms with Gasteiger partial charge in [-0.25, -0.2) is 5.84 Å². The third-order valence-electron chi connectivity index (χ3n) is 2.15. The highest BCUT2D eigenvalue weighted by Gasteiger charge is 1.97. The third-order valence-corrected chi connectivity index (χ3v) is 2.15. The Morgan fingerprint density at radius 3 is 1.86 bits per heavy atom. The normalized spacial score (nSPS) is 9.68. The number of hydrogen-bond acceptors (Lipinski definition) is 7. The van der Waals surface area contributed by atoms with Crippen LogP contribution in [-0.4, -0.2) is 65.3 Å². The first kappa shape index (κ1) is 23.1. The van der Waals surface area contributed by atoms with Crippen LogP contribution in [0.4, 0.5) is 0 Å². The van der Waals surface area contributed by atoms with Gasteiger partial charge in [0.15, 0.2) is 0 Å². The van der Waals surface area contributed by atoms with E-state index in [0.717, 1.165) is 0 Å². The van der Waals surface area contributed by atoms with Gasteiger partial charge in [-0.1, -0.05) is 5.11 Å². The summed E-state index contributed by atoms with van der Waals surface area (Å²) in [6.45, 7) is 3.74. The number of halogens is 1. The second-order valence-electron chi connectivity index (χ2n) is 3.72. The number of rotatable bonds is 15. The van der Waals surface area contributed by atoms with Gasteiger partial charge >= 0.3 is 0 Å². The average molecular weight is 342 g/mol. The molecular formula is C11H24ClN5O5. The number of carbonyl (C=O) groups excluding carboxylic acids is 1. The van der Waals surface area contributed by atoms with E-state index in [1.165, 1.54) is 0 Å². The van der Waals surface area contributed by atoms with Gasteiger partial charge in [0.2, 0.25) is 5.91 Å². The zero-order valence-electron chi connectivity index (χ0n) is 12.4. The Morgan fingerprint density at radius 2 is 1.41 bits per heavy atom. The van der Waals surface area contributed by atoms with E-state index in [9.17, 15) is 4.79 Å². The van der Waals surface area contributed by atoms with Crippen LogP contribution in [0.2, 0.25) is 0 Å². The molecule has 10 nitrogen and oxygen atoms in total. The van der Waals surface area contributed by atoms with Crippen LogP contribution >= 0.6 is 12.4 Å². The van der Waals surface area contributed by atoms with Crippen LogP contribution in [0.1, 0.15) is 6.42 Å². The molecule has 3 N–H and O–H groups in total. The second-order valence-corrected chi connectivity index (χ2v) is 3.72. The second kappa shape index (κ2) is 19.9. The molecule has 22 heavy (non-hydrogen) atoms. The number of amides is 1. The van der Waals surface area contributed by atoms with Crippen molar-refractivity contribution < 1.29 is 23.7 Å². The van der Waals surface area contributed by atoms with Crippen molar-refractivity contribution >= 4 is 18.3 Å². The summed E-state index contributed by atoms with van der Waals surface area (Å²) in [5, 5.41) is 3.33. The Bertz CT molecular complexity index is 305. The molecule has 0 spiro atoms. The summed E-state index contributed by atoms with van der Waals surface area (Å²) in [4.78, 5) is 13.4. The van der Waals surface area contributed by atoms with Crippen LogP contribution in [0.5, 0.6) is 0 Å². The fourth-order valence-corrected chi connectivity index (χ4v) is 1.15. The molecule has 0 aliphatic heterocycles. The van der Waals surface area contributed by atoms with Gasteiger partial charge in [-0.05, 0) is 5.53 Å². The number of hydrogen-bond donors (Lipinski definition) is 2. The number of nitrogens with one attached hydrogen (secondary N) is 1. The molecule has 0 aliphatic carbocycles. The van der Waals surface area contributed by atoms with Crippen molar-refractivity contribution in [2.45, 2.75) is 6.42 Å². The molecule has 0 rings (SSSR count). The van der Waals surface area contributed by atoms with Crippen molar-refractivity contribution in [3.63, 3.8) is 0 Å². The van der Waals surface area contributed by atoms with E-state index in [4.69, 9.17) is 30.3 Å². The standard InChI is InChI=1S/C11H23N5O5.ClH/c12-15-11(17)1-3-18-5-7-20-9-10-21-8-6-19-4-2-14-16-13;/h1-10,12H2,(H,15,17);1H. The van der Waals surface area contributed by atoms with Gasteiger partial charge in [-0.3, -0.25) is 10.2 Å². The maximum Gasteiger partial charge on any atom is 0.236 e. The predicted molar refractivity (Wildman–Crippen MR) is 81.5 cm³/mol. The van der Waals surface area contributed by atoms with E-state index in [1.54, 1.807) is 0 Å².